The van der Waals surface area contributed by atoms with E-state index in [9.17, 15) is 4.79 Å². The molecule has 0 bridgehead atoms. The van der Waals surface area contributed by atoms with Crippen LogP contribution in [0.2, 0.25) is 0 Å². The Morgan fingerprint density at radius 2 is 1.94 bits per heavy atom. The number of nitrogens with one attached hydrogen (secondary N) is 2. The number of aromatic amines is 1. The molecule has 0 spiro atoms. The van der Waals surface area contributed by atoms with E-state index in [0.29, 0.717) is 29.5 Å². The maximum atomic E-state index is 12.8. The number of para-hydroxylation sites is 2. The molecule has 2 N–H and O–H groups in total. The van der Waals surface area contributed by atoms with Crippen molar-refractivity contribution < 1.29 is 18.8 Å². The van der Waals surface area contributed by atoms with Crippen molar-refractivity contribution in [2.75, 3.05) is 26.5 Å². The van der Waals surface area contributed by atoms with E-state index >= 15 is 0 Å². The predicted molar refractivity (Wildman–Crippen MR) is 135 cm³/mol. The summed E-state index contributed by atoms with van der Waals surface area (Å²) in [6.45, 7) is 4.24. The number of H-pyrrole nitrogens is 1. The fraction of sp³-hybridized carbons (Fsp3) is 0.308. The van der Waals surface area contributed by atoms with Crippen LogP contribution in [0.4, 0.5) is 0 Å². The molecule has 1 atom stereocenters. The average molecular weight is 480 g/mol. The molecule has 4 rings (SSSR count). The summed E-state index contributed by atoms with van der Waals surface area (Å²) < 4.78 is 16.5. The lowest BCUT2D eigenvalue weighted by Gasteiger charge is -2.22. The highest BCUT2D eigenvalue weighted by Crippen LogP contribution is 2.40. The van der Waals surface area contributed by atoms with E-state index in [1.165, 1.54) is 0 Å². The van der Waals surface area contributed by atoms with Gasteiger partial charge in [0.1, 0.15) is 5.76 Å². The van der Waals surface area contributed by atoms with Gasteiger partial charge in [0.2, 0.25) is 5.91 Å². The molecular weight excluding hydrogens is 450 g/mol. The summed E-state index contributed by atoms with van der Waals surface area (Å²) in [5, 5.41) is 8.21. The molecule has 0 aliphatic heterocycles. The second-order valence-corrected chi connectivity index (χ2v) is 9.01. The van der Waals surface area contributed by atoms with Gasteiger partial charge in [-0.15, -0.1) is 11.8 Å². The van der Waals surface area contributed by atoms with Crippen LogP contribution in [-0.2, 0) is 10.5 Å². The lowest BCUT2D eigenvalue weighted by molar-refractivity contribution is -0.118. The van der Waals surface area contributed by atoms with Gasteiger partial charge in [0.15, 0.2) is 11.5 Å². The van der Waals surface area contributed by atoms with Gasteiger partial charge in [-0.1, -0.05) is 35.5 Å². The van der Waals surface area contributed by atoms with Crippen molar-refractivity contribution in [1.29, 1.82) is 0 Å². The van der Waals surface area contributed by atoms with Crippen LogP contribution in [0.3, 0.4) is 0 Å². The number of aromatic nitrogens is 2. The molecule has 1 unspecified atom stereocenters. The van der Waals surface area contributed by atoms with Crippen molar-refractivity contribution >= 4 is 28.6 Å². The van der Waals surface area contributed by atoms with Crippen LogP contribution < -0.4 is 14.8 Å². The fourth-order valence-corrected chi connectivity index (χ4v) is 5.18. The molecule has 7 nitrogen and oxygen atoms in total. The molecule has 2 aromatic heterocycles. The Labute approximate surface area is 203 Å². The molecule has 178 valence electrons. The number of aryl methyl sites for hydroxylation is 2. The summed E-state index contributed by atoms with van der Waals surface area (Å²) in [6.07, 6.45) is 2.01. The summed E-state index contributed by atoms with van der Waals surface area (Å²) in [4.78, 5) is 16.1. The summed E-state index contributed by atoms with van der Waals surface area (Å²) in [6, 6.07) is 14.0. The van der Waals surface area contributed by atoms with Crippen molar-refractivity contribution in [3.63, 3.8) is 0 Å². The van der Waals surface area contributed by atoms with E-state index in [0.717, 1.165) is 39.0 Å². The van der Waals surface area contributed by atoms with E-state index in [4.69, 9.17) is 14.0 Å². The number of carbonyl (C=O) groups excluding carboxylic acids is 1. The van der Waals surface area contributed by atoms with Crippen molar-refractivity contribution in [3.8, 4) is 11.5 Å². The minimum Gasteiger partial charge on any atom is -0.493 e. The quantitative estimate of drug-likeness (QED) is 0.334. The first kappa shape index (κ1) is 23.8. The number of benzene rings is 2. The summed E-state index contributed by atoms with van der Waals surface area (Å²) in [5.41, 5.74) is 5.01. The predicted octanol–water partition coefficient (Wildman–Crippen LogP) is 4.97. The van der Waals surface area contributed by atoms with Gasteiger partial charge in [-0.05, 0) is 31.5 Å². The van der Waals surface area contributed by atoms with Gasteiger partial charge in [-0.3, -0.25) is 4.79 Å². The first-order valence-corrected chi connectivity index (χ1v) is 12.2. The third-order valence-electron chi connectivity index (χ3n) is 5.97. The first-order valence-electron chi connectivity index (χ1n) is 11.1. The van der Waals surface area contributed by atoms with Crippen LogP contribution in [0, 0.1) is 13.8 Å². The second-order valence-electron chi connectivity index (χ2n) is 8.02. The maximum Gasteiger partial charge on any atom is 0.230 e. The summed E-state index contributed by atoms with van der Waals surface area (Å²) in [7, 11) is 3.26. The number of amides is 1. The Morgan fingerprint density at radius 1 is 1.12 bits per heavy atom. The zero-order chi connectivity index (χ0) is 24.1. The summed E-state index contributed by atoms with van der Waals surface area (Å²) >= 11 is 1.55. The lowest BCUT2D eigenvalue weighted by Crippen LogP contribution is -2.30. The molecule has 4 aromatic rings. The molecule has 0 radical (unpaired) electrons. The fourth-order valence-electron chi connectivity index (χ4n) is 4.18. The molecule has 0 aliphatic carbocycles. The van der Waals surface area contributed by atoms with Gasteiger partial charge in [0.25, 0.3) is 0 Å². The number of rotatable bonds is 10. The number of hydrogen-bond acceptors (Lipinski definition) is 6. The van der Waals surface area contributed by atoms with Crippen molar-refractivity contribution in [1.82, 2.24) is 15.5 Å². The van der Waals surface area contributed by atoms with Gasteiger partial charge in [-0.25, -0.2) is 0 Å². The zero-order valence-electron chi connectivity index (χ0n) is 19.8. The topological polar surface area (TPSA) is 89.4 Å². The average Bonchev–Trinajstić information content (AvgIpc) is 3.42. The highest BCUT2D eigenvalue weighted by molar-refractivity contribution is 7.99. The van der Waals surface area contributed by atoms with Gasteiger partial charge >= 0.3 is 0 Å². The Kier molecular flexibility index (Phi) is 7.47. The third-order valence-corrected chi connectivity index (χ3v) is 6.93. The van der Waals surface area contributed by atoms with Gasteiger partial charge < -0.3 is 24.3 Å². The number of nitrogens with zero attached hydrogens (tertiary/aromatic N) is 1. The highest BCUT2D eigenvalue weighted by Gasteiger charge is 2.24. The van der Waals surface area contributed by atoms with Gasteiger partial charge in [-0.2, -0.15) is 0 Å². The first-order chi connectivity index (χ1) is 16.5. The smallest absolute Gasteiger partial charge is 0.230 e. The summed E-state index contributed by atoms with van der Waals surface area (Å²) in [5.74, 6) is 3.01. The Morgan fingerprint density at radius 3 is 2.68 bits per heavy atom. The SMILES string of the molecule is COc1cccc(C(CNC(=O)CSCc2c(C)noc2C)c2c[nH]c3ccccc23)c1OC. The largest absolute Gasteiger partial charge is 0.493 e. The number of carbonyl (C=O) groups is 1. The molecule has 8 heteroatoms. The minimum atomic E-state index is -0.127. The van der Waals surface area contributed by atoms with Crippen LogP contribution >= 0.6 is 11.8 Å². The van der Waals surface area contributed by atoms with Crippen LogP contribution in [-0.4, -0.2) is 42.6 Å². The van der Waals surface area contributed by atoms with E-state index in [2.05, 4.69) is 21.5 Å². The molecule has 0 saturated heterocycles. The maximum absolute atomic E-state index is 12.8. The number of fused-ring (bicyclic) bond motifs is 1. The zero-order valence-corrected chi connectivity index (χ0v) is 20.6. The monoisotopic (exact) mass is 479 g/mol. The third kappa shape index (κ3) is 4.92. The standard InChI is InChI=1S/C26H29N3O4S/c1-16-22(17(2)33-29-16)14-34-15-25(30)28-13-21(19-9-7-11-24(31-3)26(19)32-4)20-12-27-23-10-6-5-8-18(20)23/h5-12,21,27H,13-15H2,1-4H3,(H,28,30). The highest BCUT2D eigenvalue weighted by atomic mass is 32.2. The Bertz CT molecular complexity index is 1260. The van der Waals surface area contributed by atoms with E-state index in [1.54, 1.807) is 26.0 Å². The van der Waals surface area contributed by atoms with Crippen LogP contribution in [0.1, 0.15) is 34.1 Å². The van der Waals surface area contributed by atoms with Gasteiger partial charge in [0, 0.05) is 46.4 Å². The number of ether oxygens (including phenoxy) is 2. The van der Waals surface area contributed by atoms with Crippen LogP contribution in [0.5, 0.6) is 11.5 Å². The van der Waals surface area contributed by atoms with Crippen molar-refractivity contribution in [2.45, 2.75) is 25.5 Å². The van der Waals surface area contributed by atoms with E-state index < -0.39 is 0 Å². The second kappa shape index (κ2) is 10.7. The molecule has 1 amide bonds. The molecular formula is C26H29N3O4S. The molecule has 0 fully saturated rings. The molecule has 0 aliphatic rings. The molecule has 2 heterocycles. The van der Waals surface area contributed by atoms with Crippen molar-refractivity contribution in [3.05, 3.63) is 76.8 Å². The number of hydrogen-bond donors (Lipinski definition) is 2. The van der Waals surface area contributed by atoms with E-state index in [-0.39, 0.29) is 11.8 Å². The van der Waals surface area contributed by atoms with E-state index in [1.807, 2.05) is 56.4 Å². The molecule has 0 saturated carbocycles. The lowest BCUT2D eigenvalue weighted by atomic mass is 9.90. The molecule has 2 aromatic carbocycles. The van der Waals surface area contributed by atoms with Crippen LogP contribution in [0.25, 0.3) is 10.9 Å². The Hall–Kier alpha value is -3.39. The van der Waals surface area contributed by atoms with Crippen molar-refractivity contribution in [2.24, 2.45) is 0 Å². The number of methoxy groups -OCH3 is 2. The van der Waals surface area contributed by atoms with Gasteiger partial charge in [0.05, 0.1) is 25.7 Å². The van der Waals surface area contributed by atoms with Crippen LogP contribution in [0.15, 0.2) is 53.2 Å². The Balaban J connectivity index is 1.54. The number of thioether (sulfide) groups is 1. The normalized spacial score (nSPS) is 12.0. The molecule has 34 heavy (non-hydrogen) atoms. The minimum absolute atomic E-state index is 0.0246.